The van der Waals surface area contributed by atoms with E-state index in [9.17, 15) is 19.2 Å². The molecular weight excluding hydrogens is 460 g/mol. The van der Waals surface area contributed by atoms with Gasteiger partial charge in [-0.1, -0.05) is 60.2 Å². The predicted molar refractivity (Wildman–Crippen MR) is 137 cm³/mol. The second-order valence-electron chi connectivity index (χ2n) is 9.67. The number of nitrogens with zero attached hydrogens (tertiary/aromatic N) is 1. The highest BCUT2D eigenvalue weighted by Crippen LogP contribution is 2.23. The monoisotopic (exact) mass is 496 g/mol. The van der Waals surface area contributed by atoms with E-state index in [-0.39, 0.29) is 25.3 Å². The van der Waals surface area contributed by atoms with Gasteiger partial charge in [-0.05, 0) is 45.2 Å². The van der Waals surface area contributed by atoms with E-state index in [0.29, 0.717) is 5.56 Å². The van der Waals surface area contributed by atoms with Crippen LogP contribution < -0.4 is 16.4 Å². The maximum absolute atomic E-state index is 13.6. The van der Waals surface area contributed by atoms with E-state index in [1.54, 1.807) is 26.8 Å². The second-order valence-corrected chi connectivity index (χ2v) is 9.67. The molecule has 0 radical (unpaired) electrons. The van der Waals surface area contributed by atoms with Crippen LogP contribution >= 0.6 is 0 Å². The van der Waals surface area contributed by atoms with Crippen LogP contribution in [0.5, 0.6) is 0 Å². The Kier molecular flexibility index (Phi) is 10.0. The number of nitrogens with one attached hydrogen (secondary N) is 2. The van der Waals surface area contributed by atoms with Gasteiger partial charge in [-0.25, -0.2) is 4.79 Å². The van der Waals surface area contributed by atoms with Crippen LogP contribution in [0.3, 0.4) is 0 Å². The first-order chi connectivity index (χ1) is 16.9. The van der Waals surface area contributed by atoms with Crippen LogP contribution in [0.4, 0.5) is 4.79 Å². The normalized spacial score (nSPS) is 12.7. The molecule has 0 heterocycles. The molecule has 0 aromatic heterocycles. The summed E-state index contributed by atoms with van der Waals surface area (Å²) >= 11 is 0. The molecule has 0 fully saturated rings. The van der Waals surface area contributed by atoms with Crippen LogP contribution in [-0.4, -0.2) is 47.4 Å². The van der Waals surface area contributed by atoms with Crippen molar-refractivity contribution in [2.75, 3.05) is 7.05 Å². The van der Waals surface area contributed by atoms with Gasteiger partial charge in [0.15, 0.2) is 0 Å². The summed E-state index contributed by atoms with van der Waals surface area (Å²) in [6.45, 7) is 7.27. The fraction of sp³-hybridized carbons (Fsp3) is 0.407. The number of hydrogen-bond acceptors (Lipinski definition) is 5. The summed E-state index contributed by atoms with van der Waals surface area (Å²) in [5.41, 5.74) is 6.95. The van der Waals surface area contributed by atoms with Crippen molar-refractivity contribution >= 4 is 23.8 Å². The van der Waals surface area contributed by atoms with Crippen LogP contribution in [0.2, 0.25) is 0 Å². The van der Waals surface area contributed by atoms with Crippen molar-refractivity contribution in [2.45, 2.75) is 64.8 Å². The Labute approximate surface area is 212 Å². The van der Waals surface area contributed by atoms with Crippen molar-refractivity contribution in [1.82, 2.24) is 15.5 Å². The number of nitrogens with two attached hydrogens (primary N) is 1. The van der Waals surface area contributed by atoms with E-state index < -0.39 is 35.6 Å². The molecule has 2 unspecified atom stereocenters. The van der Waals surface area contributed by atoms with Crippen LogP contribution in [-0.2, 0) is 25.7 Å². The van der Waals surface area contributed by atoms with Crippen LogP contribution in [0.1, 0.15) is 56.3 Å². The molecule has 9 nitrogen and oxygen atoms in total. The molecule has 4 amide bonds. The minimum absolute atomic E-state index is 0.0378. The summed E-state index contributed by atoms with van der Waals surface area (Å²) < 4.78 is 5.28. The van der Waals surface area contributed by atoms with Crippen LogP contribution in [0.25, 0.3) is 0 Å². The van der Waals surface area contributed by atoms with Gasteiger partial charge in [-0.15, -0.1) is 0 Å². The third kappa shape index (κ3) is 9.05. The fourth-order valence-corrected chi connectivity index (χ4v) is 3.64. The lowest BCUT2D eigenvalue weighted by Gasteiger charge is -2.31. The van der Waals surface area contributed by atoms with Crippen molar-refractivity contribution < 1.29 is 23.9 Å². The highest BCUT2D eigenvalue weighted by molar-refractivity contribution is 5.92. The highest BCUT2D eigenvalue weighted by Gasteiger charge is 2.34. The standard InChI is InChI=1S/C27H36N4O5/c1-18-10-9-13-20(16-18)23(24(33)29-17-19-11-7-6-8-12-19)31(5)25(34)21(14-15-22(28)32)30-26(35)36-27(2,3)4/h6-13,16,21,23H,14-15,17H2,1-5H3,(H2,28,32)(H,29,33)(H,30,35). The van der Waals surface area contributed by atoms with Gasteiger partial charge in [0, 0.05) is 20.0 Å². The van der Waals surface area contributed by atoms with Gasteiger partial charge < -0.3 is 26.0 Å². The lowest BCUT2D eigenvalue weighted by molar-refractivity contribution is -0.141. The molecule has 2 rings (SSSR count). The predicted octanol–water partition coefficient (Wildman–Crippen LogP) is 2.97. The van der Waals surface area contributed by atoms with Gasteiger partial charge in [-0.3, -0.25) is 14.4 Å². The van der Waals surface area contributed by atoms with Crippen molar-refractivity contribution in [3.8, 4) is 0 Å². The van der Waals surface area contributed by atoms with Gasteiger partial charge in [0.05, 0.1) is 0 Å². The summed E-state index contributed by atoms with van der Waals surface area (Å²) in [5, 5.41) is 5.43. The third-order valence-corrected chi connectivity index (χ3v) is 5.32. The van der Waals surface area contributed by atoms with E-state index in [1.807, 2.05) is 55.5 Å². The van der Waals surface area contributed by atoms with Crippen molar-refractivity contribution in [3.63, 3.8) is 0 Å². The number of rotatable bonds is 10. The quantitative estimate of drug-likeness (QED) is 0.465. The average Bonchev–Trinajstić information content (AvgIpc) is 2.79. The topological polar surface area (TPSA) is 131 Å². The molecule has 0 aliphatic carbocycles. The molecule has 0 saturated heterocycles. The van der Waals surface area contributed by atoms with Gasteiger partial charge in [0.2, 0.25) is 17.7 Å². The van der Waals surface area contributed by atoms with Crippen molar-refractivity contribution in [2.24, 2.45) is 5.73 Å². The van der Waals surface area contributed by atoms with Gasteiger partial charge in [-0.2, -0.15) is 0 Å². The molecule has 0 saturated carbocycles. The Bertz CT molecular complexity index is 1070. The zero-order chi connectivity index (χ0) is 26.9. The molecule has 0 aliphatic heterocycles. The maximum atomic E-state index is 13.6. The Morgan fingerprint density at radius 3 is 2.28 bits per heavy atom. The van der Waals surface area contributed by atoms with Crippen LogP contribution in [0, 0.1) is 6.92 Å². The molecule has 2 atom stereocenters. The molecule has 36 heavy (non-hydrogen) atoms. The summed E-state index contributed by atoms with van der Waals surface area (Å²) in [5.74, 6) is -1.55. The SMILES string of the molecule is Cc1cccc(C(C(=O)NCc2ccccc2)N(C)C(=O)C(CCC(N)=O)NC(=O)OC(C)(C)C)c1. The summed E-state index contributed by atoms with van der Waals surface area (Å²) in [4.78, 5) is 52.1. The Hall–Kier alpha value is -3.88. The number of primary amides is 1. The Morgan fingerprint density at radius 2 is 1.69 bits per heavy atom. The number of aryl methyl sites for hydroxylation is 1. The molecule has 4 N–H and O–H groups in total. The largest absolute Gasteiger partial charge is 0.444 e. The summed E-state index contributed by atoms with van der Waals surface area (Å²) in [6, 6.07) is 14.6. The highest BCUT2D eigenvalue weighted by atomic mass is 16.6. The zero-order valence-electron chi connectivity index (χ0n) is 21.5. The minimum atomic E-state index is -1.12. The third-order valence-electron chi connectivity index (χ3n) is 5.32. The van der Waals surface area contributed by atoms with E-state index >= 15 is 0 Å². The molecule has 2 aromatic rings. The first kappa shape index (κ1) is 28.4. The molecular formula is C27H36N4O5. The lowest BCUT2D eigenvalue weighted by atomic mass is 10.0. The molecule has 0 aliphatic rings. The zero-order valence-corrected chi connectivity index (χ0v) is 21.5. The number of benzene rings is 2. The second kappa shape index (κ2) is 12.7. The fourth-order valence-electron chi connectivity index (χ4n) is 3.64. The van der Waals surface area contributed by atoms with E-state index in [1.165, 1.54) is 11.9 Å². The smallest absolute Gasteiger partial charge is 0.408 e. The van der Waals surface area contributed by atoms with Gasteiger partial charge in [0.1, 0.15) is 17.7 Å². The summed E-state index contributed by atoms with van der Waals surface area (Å²) in [7, 11) is 1.49. The van der Waals surface area contributed by atoms with Gasteiger partial charge >= 0.3 is 6.09 Å². The van der Waals surface area contributed by atoms with Gasteiger partial charge in [0.25, 0.3) is 0 Å². The summed E-state index contributed by atoms with van der Waals surface area (Å²) in [6.07, 6.45) is -0.974. The molecule has 194 valence electrons. The first-order valence-corrected chi connectivity index (χ1v) is 11.8. The number of alkyl carbamates (subject to hydrolysis) is 1. The van der Waals surface area contributed by atoms with E-state index in [4.69, 9.17) is 10.5 Å². The minimum Gasteiger partial charge on any atom is -0.444 e. The molecule has 0 bridgehead atoms. The van der Waals surface area contributed by atoms with E-state index in [2.05, 4.69) is 10.6 Å². The van der Waals surface area contributed by atoms with Crippen molar-refractivity contribution in [3.05, 3.63) is 71.3 Å². The Morgan fingerprint density at radius 1 is 1.03 bits per heavy atom. The number of likely N-dealkylation sites (N-methyl/N-ethyl adjacent to an activating group) is 1. The number of amides is 4. The van der Waals surface area contributed by atoms with Crippen LogP contribution in [0.15, 0.2) is 54.6 Å². The number of hydrogen-bond donors (Lipinski definition) is 3. The maximum Gasteiger partial charge on any atom is 0.408 e. The molecule has 2 aromatic carbocycles. The first-order valence-electron chi connectivity index (χ1n) is 11.8. The van der Waals surface area contributed by atoms with Crippen molar-refractivity contribution in [1.29, 1.82) is 0 Å². The number of carbonyl (C=O) groups excluding carboxylic acids is 4. The van der Waals surface area contributed by atoms with E-state index in [0.717, 1.165) is 11.1 Å². The molecule has 0 spiro atoms. The Balaban J connectivity index is 2.31. The average molecular weight is 497 g/mol. The lowest BCUT2D eigenvalue weighted by Crippen LogP contribution is -2.51. The number of ether oxygens (including phenoxy) is 1. The molecule has 9 heteroatoms. The number of carbonyl (C=O) groups is 4.